The highest BCUT2D eigenvalue weighted by molar-refractivity contribution is 5.85. The fraction of sp³-hybridized carbons (Fsp3) is 0.111. The summed E-state index contributed by atoms with van der Waals surface area (Å²) in [6.07, 6.45) is 0. The minimum atomic E-state index is 0.866. The van der Waals surface area contributed by atoms with Gasteiger partial charge in [-0.15, -0.1) is 0 Å². The maximum Gasteiger partial charge on any atom is 0.128 e. The largest absolute Gasteiger partial charge is 0.457 e. The molecule has 0 saturated carbocycles. The summed E-state index contributed by atoms with van der Waals surface area (Å²) >= 11 is 0. The van der Waals surface area contributed by atoms with Crippen molar-refractivity contribution in [3.05, 3.63) is 71.8 Å². The van der Waals surface area contributed by atoms with Crippen LogP contribution in [0.3, 0.4) is 0 Å². The summed E-state index contributed by atoms with van der Waals surface area (Å²) in [6.45, 7) is 4.28. The molecule has 0 aliphatic rings. The standard InChI is InChI=1S/C18H16O/c1-13-10-15-8-9-18(12-16(15)11-14(13)2)19-17-6-4-3-5-7-17/h3-12H,1-2H3. The van der Waals surface area contributed by atoms with Gasteiger partial charge in [0, 0.05) is 0 Å². The van der Waals surface area contributed by atoms with Gasteiger partial charge in [-0.3, -0.25) is 0 Å². The first-order valence-electron chi connectivity index (χ1n) is 6.46. The van der Waals surface area contributed by atoms with E-state index in [-0.39, 0.29) is 0 Å². The second-order valence-electron chi connectivity index (χ2n) is 4.86. The molecule has 0 radical (unpaired) electrons. The van der Waals surface area contributed by atoms with Crippen molar-refractivity contribution in [2.45, 2.75) is 13.8 Å². The Kier molecular flexibility index (Phi) is 2.96. The Bertz CT molecular complexity index is 714. The molecule has 0 bridgehead atoms. The first-order valence-corrected chi connectivity index (χ1v) is 6.46. The molecule has 0 N–H and O–H groups in total. The average Bonchev–Trinajstić information content (AvgIpc) is 2.42. The molecule has 0 aromatic heterocycles. The third-order valence-corrected chi connectivity index (χ3v) is 3.40. The predicted molar refractivity (Wildman–Crippen MR) is 79.9 cm³/mol. The van der Waals surface area contributed by atoms with E-state index >= 15 is 0 Å². The van der Waals surface area contributed by atoms with Gasteiger partial charge in [0.05, 0.1) is 0 Å². The quantitative estimate of drug-likeness (QED) is 0.602. The molecule has 0 saturated heterocycles. The number of benzene rings is 3. The molecule has 1 nitrogen and oxygen atoms in total. The molecule has 3 aromatic rings. The topological polar surface area (TPSA) is 9.23 Å². The smallest absolute Gasteiger partial charge is 0.128 e. The van der Waals surface area contributed by atoms with Gasteiger partial charge in [0.2, 0.25) is 0 Å². The van der Waals surface area contributed by atoms with Crippen molar-refractivity contribution in [3.63, 3.8) is 0 Å². The lowest BCUT2D eigenvalue weighted by Crippen LogP contribution is -1.86. The van der Waals surface area contributed by atoms with Gasteiger partial charge in [0.25, 0.3) is 0 Å². The van der Waals surface area contributed by atoms with Crippen molar-refractivity contribution in [1.82, 2.24) is 0 Å². The molecule has 0 amide bonds. The number of hydrogen-bond donors (Lipinski definition) is 0. The molecular formula is C18H16O. The zero-order chi connectivity index (χ0) is 13.2. The minimum absolute atomic E-state index is 0.866. The first-order chi connectivity index (χ1) is 9.22. The van der Waals surface area contributed by atoms with Crippen molar-refractivity contribution in [3.8, 4) is 11.5 Å². The lowest BCUT2D eigenvalue weighted by atomic mass is 10.0. The summed E-state index contributed by atoms with van der Waals surface area (Å²) in [5, 5.41) is 2.47. The fourth-order valence-electron chi connectivity index (χ4n) is 2.19. The summed E-state index contributed by atoms with van der Waals surface area (Å²) in [4.78, 5) is 0. The second-order valence-corrected chi connectivity index (χ2v) is 4.86. The van der Waals surface area contributed by atoms with E-state index in [1.807, 2.05) is 36.4 Å². The van der Waals surface area contributed by atoms with Crippen molar-refractivity contribution >= 4 is 10.8 Å². The van der Waals surface area contributed by atoms with Gasteiger partial charge in [0.1, 0.15) is 11.5 Å². The molecule has 0 aliphatic heterocycles. The van der Waals surface area contributed by atoms with Crippen LogP contribution in [0.2, 0.25) is 0 Å². The molecule has 0 aliphatic carbocycles. The molecular weight excluding hydrogens is 232 g/mol. The van der Waals surface area contributed by atoms with Crippen LogP contribution in [0.15, 0.2) is 60.7 Å². The monoisotopic (exact) mass is 248 g/mol. The highest BCUT2D eigenvalue weighted by Gasteiger charge is 2.01. The summed E-state index contributed by atoms with van der Waals surface area (Å²) in [5.74, 6) is 1.74. The number of aryl methyl sites for hydroxylation is 2. The van der Waals surface area contributed by atoms with Gasteiger partial charge in [-0.05, 0) is 60.0 Å². The van der Waals surface area contributed by atoms with Crippen LogP contribution in [0, 0.1) is 13.8 Å². The van der Waals surface area contributed by atoms with Gasteiger partial charge in [0.15, 0.2) is 0 Å². The summed E-state index contributed by atoms with van der Waals surface area (Å²) in [7, 11) is 0. The molecule has 0 unspecified atom stereocenters. The van der Waals surface area contributed by atoms with Crippen LogP contribution in [-0.2, 0) is 0 Å². The van der Waals surface area contributed by atoms with E-state index in [9.17, 15) is 0 Å². The van der Waals surface area contributed by atoms with E-state index in [2.05, 4.69) is 38.1 Å². The normalized spacial score (nSPS) is 10.6. The van der Waals surface area contributed by atoms with Crippen molar-refractivity contribution in [2.75, 3.05) is 0 Å². The molecule has 3 rings (SSSR count). The molecule has 1 heteroatoms. The Labute approximate surface area is 113 Å². The van der Waals surface area contributed by atoms with E-state index in [0.29, 0.717) is 0 Å². The van der Waals surface area contributed by atoms with Crippen molar-refractivity contribution < 1.29 is 4.74 Å². The van der Waals surface area contributed by atoms with Crippen LogP contribution < -0.4 is 4.74 Å². The van der Waals surface area contributed by atoms with Crippen LogP contribution in [-0.4, -0.2) is 0 Å². The molecule has 19 heavy (non-hydrogen) atoms. The first kappa shape index (κ1) is 11.8. The van der Waals surface area contributed by atoms with E-state index in [1.54, 1.807) is 0 Å². The van der Waals surface area contributed by atoms with Crippen molar-refractivity contribution in [2.24, 2.45) is 0 Å². The van der Waals surface area contributed by atoms with Crippen LogP contribution in [0.25, 0.3) is 10.8 Å². The van der Waals surface area contributed by atoms with E-state index in [0.717, 1.165) is 11.5 Å². The van der Waals surface area contributed by atoms with Gasteiger partial charge >= 0.3 is 0 Å². The summed E-state index contributed by atoms with van der Waals surface area (Å²) in [6, 6.07) is 20.5. The Balaban J connectivity index is 2.00. The van der Waals surface area contributed by atoms with Gasteiger partial charge in [-0.25, -0.2) is 0 Å². The number of hydrogen-bond acceptors (Lipinski definition) is 1. The molecule has 3 aromatic carbocycles. The van der Waals surface area contributed by atoms with Crippen LogP contribution >= 0.6 is 0 Å². The Morgan fingerprint density at radius 1 is 0.632 bits per heavy atom. The zero-order valence-electron chi connectivity index (χ0n) is 11.2. The maximum atomic E-state index is 5.86. The minimum Gasteiger partial charge on any atom is -0.457 e. The lowest BCUT2D eigenvalue weighted by molar-refractivity contribution is 0.483. The highest BCUT2D eigenvalue weighted by Crippen LogP contribution is 2.27. The number of para-hydroxylation sites is 1. The third-order valence-electron chi connectivity index (χ3n) is 3.40. The number of rotatable bonds is 2. The number of ether oxygens (including phenoxy) is 1. The molecule has 0 heterocycles. The molecule has 0 atom stereocenters. The highest BCUT2D eigenvalue weighted by atomic mass is 16.5. The molecule has 94 valence electrons. The maximum absolute atomic E-state index is 5.86. The SMILES string of the molecule is Cc1cc2ccc(Oc3ccccc3)cc2cc1C. The van der Waals surface area contributed by atoms with Crippen LogP contribution in [0.4, 0.5) is 0 Å². The van der Waals surface area contributed by atoms with Gasteiger partial charge < -0.3 is 4.74 Å². The number of fused-ring (bicyclic) bond motifs is 1. The summed E-state index contributed by atoms with van der Waals surface area (Å²) < 4.78 is 5.86. The van der Waals surface area contributed by atoms with E-state index in [1.165, 1.54) is 21.9 Å². The predicted octanol–water partition coefficient (Wildman–Crippen LogP) is 5.25. The second kappa shape index (κ2) is 4.77. The van der Waals surface area contributed by atoms with Crippen molar-refractivity contribution in [1.29, 1.82) is 0 Å². The Hall–Kier alpha value is -2.28. The molecule has 0 spiro atoms. The van der Waals surface area contributed by atoms with E-state index < -0.39 is 0 Å². The average molecular weight is 248 g/mol. The van der Waals surface area contributed by atoms with Gasteiger partial charge in [-0.2, -0.15) is 0 Å². The molecule has 0 fully saturated rings. The van der Waals surface area contributed by atoms with Crippen LogP contribution in [0.1, 0.15) is 11.1 Å². The van der Waals surface area contributed by atoms with Gasteiger partial charge in [-0.1, -0.05) is 36.4 Å². The summed E-state index contributed by atoms with van der Waals surface area (Å²) in [5.41, 5.74) is 2.63. The fourth-order valence-corrected chi connectivity index (χ4v) is 2.19. The van der Waals surface area contributed by atoms with E-state index in [4.69, 9.17) is 4.74 Å². The Morgan fingerprint density at radius 2 is 1.32 bits per heavy atom. The van der Waals surface area contributed by atoms with Crippen LogP contribution in [0.5, 0.6) is 11.5 Å². The zero-order valence-corrected chi connectivity index (χ0v) is 11.2. The Morgan fingerprint density at radius 3 is 2.05 bits per heavy atom. The lowest BCUT2D eigenvalue weighted by Gasteiger charge is -2.08. The third kappa shape index (κ3) is 2.45.